The molecule has 0 rings (SSSR count). The molecule has 0 saturated carbocycles. The van der Waals surface area contributed by atoms with Crippen LogP contribution in [-0.2, 0) is 65.4 Å². The first-order valence-corrected chi connectivity index (χ1v) is 36.1. The Morgan fingerprint density at radius 2 is 0.561 bits per heavy atom. The molecule has 82 heavy (non-hydrogen) atoms. The fourth-order valence-electron chi connectivity index (χ4n) is 9.41. The average Bonchev–Trinajstić information content (AvgIpc) is 3.44. The molecule has 0 spiro atoms. The van der Waals surface area contributed by atoms with Crippen LogP contribution in [0.5, 0.6) is 0 Å². The van der Waals surface area contributed by atoms with E-state index in [9.17, 15) is 43.2 Å². The molecule has 0 aliphatic rings. The molecule has 0 saturated heterocycles. The van der Waals surface area contributed by atoms with Crippen LogP contribution in [0.15, 0.2) is 0 Å². The number of carbonyl (C=O) groups excluding carboxylic acids is 4. The van der Waals surface area contributed by atoms with Gasteiger partial charge in [0.1, 0.15) is 19.3 Å². The maximum atomic E-state index is 13.0. The second-order valence-electron chi connectivity index (χ2n) is 23.3. The van der Waals surface area contributed by atoms with E-state index in [0.29, 0.717) is 25.7 Å². The quantitative estimate of drug-likeness (QED) is 0.0222. The highest BCUT2D eigenvalue weighted by Crippen LogP contribution is 2.45. The Labute approximate surface area is 498 Å². The molecule has 0 aliphatic carbocycles. The maximum Gasteiger partial charge on any atom is 0.472 e. The van der Waals surface area contributed by atoms with Gasteiger partial charge in [0.15, 0.2) is 12.2 Å². The Morgan fingerprint density at radius 1 is 0.329 bits per heavy atom. The summed E-state index contributed by atoms with van der Waals surface area (Å²) in [6.45, 7) is 7.13. The molecule has 0 aromatic carbocycles. The lowest BCUT2D eigenvalue weighted by Gasteiger charge is -2.21. The predicted octanol–water partition coefficient (Wildman–Crippen LogP) is 17.4. The Bertz CT molecular complexity index is 1600. The minimum absolute atomic E-state index is 0.106. The van der Waals surface area contributed by atoms with E-state index in [-0.39, 0.29) is 25.7 Å². The van der Waals surface area contributed by atoms with Crippen molar-refractivity contribution in [1.82, 2.24) is 0 Å². The highest BCUT2D eigenvalue weighted by atomic mass is 31.2. The van der Waals surface area contributed by atoms with E-state index in [0.717, 1.165) is 95.8 Å². The Balaban J connectivity index is 5.23. The number of hydrogen-bond acceptors (Lipinski definition) is 15. The van der Waals surface area contributed by atoms with E-state index in [1.54, 1.807) is 0 Å². The van der Waals surface area contributed by atoms with Crippen molar-refractivity contribution in [3.8, 4) is 0 Å². The summed E-state index contributed by atoms with van der Waals surface area (Å²) in [5.74, 6) is -1.41. The third kappa shape index (κ3) is 57.2. The van der Waals surface area contributed by atoms with E-state index in [2.05, 4.69) is 34.6 Å². The lowest BCUT2D eigenvalue weighted by atomic mass is 10.0. The number of carbonyl (C=O) groups is 4. The fourth-order valence-corrected chi connectivity index (χ4v) is 11.0. The number of esters is 4. The minimum atomic E-state index is -4.94. The summed E-state index contributed by atoms with van der Waals surface area (Å²) in [6.07, 6.45) is 40.2. The molecule has 0 bridgehead atoms. The molecule has 0 amide bonds. The first kappa shape index (κ1) is 80.1. The molecule has 2 unspecified atom stereocenters. The number of unbranched alkanes of at least 4 members (excludes halogenated alkanes) is 35. The summed E-state index contributed by atoms with van der Waals surface area (Å²) in [5.41, 5.74) is 0. The number of phosphoric ester groups is 2. The highest BCUT2D eigenvalue weighted by Gasteiger charge is 2.30. The zero-order valence-corrected chi connectivity index (χ0v) is 54.4. The summed E-state index contributed by atoms with van der Waals surface area (Å²) in [5, 5.41) is 10.5. The normalized spacial score (nSPS) is 14.3. The Hall–Kier alpha value is -1.94. The molecule has 486 valence electrons. The molecule has 19 heteroatoms. The van der Waals surface area contributed by atoms with Gasteiger partial charge >= 0.3 is 39.5 Å². The molecule has 0 radical (unpaired) electrons. The van der Waals surface area contributed by atoms with Gasteiger partial charge in [-0.2, -0.15) is 0 Å². The zero-order valence-electron chi connectivity index (χ0n) is 52.6. The summed E-state index contributed by atoms with van der Waals surface area (Å²) < 4.78 is 67.9. The smallest absolute Gasteiger partial charge is 0.462 e. The van der Waals surface area contributed by atoms with Crippen LogP contribution in [0, 0.1) is 5.92 Å². The van der Waals surface area contributed by atoms with E-state index < -0.39 is 97.5 Å². The monoisotopic (exact) mass is 1210 g/mol. The van der Waals surface area contributed by atoms with Gasteiger partial charge in [0.25, 0.3) is 0 Å². The fraction of sp³-hybridized carbons (Fsp3) is 0.937. The van der Waals surface area contributed by atoms with Gasteiger partial charge in [0.2, 0.25) is 0 Å². The van der Waals surface area contributed by atoms with Crippen molar-refractivity contribution in [1.29, 1.82) is 0 Å². The van der Waals surface area contributed by atoms with Crippen LogP contribution in [0.25, 0.3) is 0 Å². The van der Waals surface area contributed by atoms with Crippen molar-refractivity contribution in [3.63, 3.8) is 0 Å². The van der Waals surface area contributed by atoms with Crippen molar-refractivity contribution < 1.29 is 80.2 Å². The van der Waals surface area contributed by atoms with Crippen LogP contribution in [0.2, 0.25) is 0 Å². The predicted molar refractivity (Wildman–Crippen MR) is 326 cm³/mol. The molecule has 0 heterocycles. The number of ether oxygens (including phenoxy) is 4. The van der Waals surface area contributed by atoms with Gasteiger partial charge in [-0.15, -0.1) is 0 Å². The largest absolute Gasteiger partial charge is 0.472 e. The number of aliphatic hydroxyl groups excluding tert-OH is 1. The second-order valence-corrected chi connectivity index (χ2v) is 26.2. The van der Waals surface area contributed by atoms with Gasteiger partial charge in [0, 0.05) is 25.7 Å². The van der Waals surface area contributed by atoms with Gasteiger partial charge in [-0.1, -0.05) is 266 Å². The minimum Gasteiger partial charge on any atom is -0.462 e. The van der Waals surface area contributed by atoms with E-state index in [1.165, 1.54) is 141 Å². The van der Waals surface area contributed by atoms with E-state index in [4.69, 9.17) is 37.0 Å². The standard InChI is InChI=1S/C63H122O17P2/c1-6-9-12-15-18-21-23-24-27-34-39-44-49-63(68)80-59(53-74-61(66)47-42-37-32-29-28-30-35-40-45-56(4)5)55-78-82(71,72)76-51-57(64)50-75-81(69,70)77-54-58(52-73-60(65)46-41-36-31-25-20-17-14-11-8-3)79-62(67)48-43-38-33-26-22-19-16-13-10-7-2/h56-59,64H,6-55H2,1-5H3,(H,69,70)(H,71,72)/t57-,58+,59+/m0/s1. The SMILES string of the molecule is CCCCCCCCCCCCCCC(=O)O[C@H](COC(=O)CCCCCCCCCCC(C)C)COP(=O)(O)OC[C@@H](O)COP(=O)(O)OC[C@@H](COC(=O)CCCCCCCCCCC)OC(=O)CCCCCCCCCCCC. The van der Waals surface area contributed by atoms with E-state index in [1.807, 2.05) is 0 Å². The van der Waals surface area contributed by atoms with Crippen LogP contribution in [0.3, 0.4) is 0 Å². The van der Waals surface area contributed by atoms with Crippen LogP contribution in [-0.4, -0.2) is 96.7 Å². The van der Waals surface area contributed by atoms with Crippen LogP contribution in [0.4, 0.5) is 0 Å². The molecular weight excluding hydrogens is 1090 g/mol. The van der Waals surface area contributed by atoms with Gasteiger partial charge in [-0.25, -0.2) is 9.13 Å². The van der Waals surface area contributed by atoms with Gasteiger partial charge in [-0.3, -0.25) is 37.3 Å². The van der Waals surface area contributed by atoms with Gasteiger partial charge in [-0.05, 0) is 31.6 Å². The van der Waals surface area contributed by atoms with Crippen LogP contribution < -0.4 is 0 Å². The van der Waals surface area contributed by atoms with Crippen molar-refractivity contribution in [2.24, 2.45) is 5.92 Å². The summed E-state index contributed by atoms with van der Waals surface area (Å²) in [6, 6.07) is 0. The lowest BCUT2D eigenvalue weighted by Crippen LogP contribution is -2.30. The molecule has 0 aromatic rings. The van der Waals surface area contributed by atoms with Crippen molar-refractivity contribution in [2.75, 3.05) is 39.6 Å². The van der Waals surface area contributed by atoms with Crippen LogP contribution >= 0.6 is 15.6 Å². The number of aliphatic hydroxyl groups is 1. The Kier molecular flexibility index (Phi) is 55.5. The topological polar surface area (TPSA) is 237 Å². The summed E-state index contributed by atoms with van der Waals surface area (Å²) >= 11 is 0. The molecule has 5 atom stereocenters. The van der Waals surface area contributed by atoms with Crippen molar-refractivity contribution >= 4 is 39.5 Å². The van der Waals surface area contributed by atoms with Gasteiger partial charge < -0.3 is 33.8 Å². The zero-order chi connectivity index (χ0) is 60.6. The molecule has 0 fully saturated rings. The first-order chi connectivity index (χ1) is 39.5. The van der Waals surface area contributed by atoms with Gasteiger partial charge in [0.05, 0.1) is 26.4 Å². The molecule has 17 nitrogen and oxygen atoms in total. The van der Waals surface area contributed by atoms with Crippen molar-refractivity contribution in [2.45, 2.75) is 335 Å². The maximum absolute atomic E-state index is 13.0. The third-order valence-electron chi connectivity index (χ3n) is 14.5. The Morgan fingerprint density at radius 3 is 0.829 bits per heavy atom. The highest BCUT2D eigenvalue weighted by molar-refractivity contribution is 7.47. The molecule has 3 N–H and O–H groups in total. The number of phosphoric acid groups is 2. The number of hydrogen-bond donors (Lipinski definition) is 3. The molecular formula is C63H122O17P2. The summed E-state index contributed by atoms with van der Waals surface area (Å²) in [4.78, 5) is 72.1. The van der Waals surface area contributed by atoms with Crippen molar-refractivity contribution in [3.05, 3.63) is 0 Å². The second kappa shape index (κ2) is 56.8. The molecule has 0 aromatic heterocycles. The van der Waals surface area contributed by atoms with E-state index >= 15 is 0 Å². The molecule has 0 aliphatic heterocycles. The first-order valence-electron chi connectivity index (χ1n) is 33.1. The summed E-state index contributed by atoms with van der Waals surface area (Å²) in [7, 11) is -9.88. The van der Waals surface area contributed by atoms with Crippen LogP contribution in [0.1, 0.15) is 317 Å². The lowest BCUT2D eigenvalue weighted by molar-refractivity contribution is -0.161. The average molecular weight is 1210 g/mol. The number of rotatable bonds is 63. The third-order valence-corrected chi connectivity index (χ3v) is 16.4.